The van der Waals surface area contributed by atoms with E-state index in [1.54, 1.807) is 4.57 Å². The molecule has 1 aromatic heterocycles. The Balaban J connectivity index is 1.49. The van der Waals surface area contributed by atoms with Crippen LogP contribution < -0.4 is 5.69 Å². The number of ketones is 1. The van der Waals surface area contributed by atoms with Crippen LogP contribution in [0.25, 0.3) is 0 Å². The number of hydrogen-bond acceptors (Lipinski definition) is 4. The normalized spacial score (nSPS) is 10.9. The van der Waals surface area contributed by atoms with Crippen molar-refractivity contribution in [3.8, 4) is 0 Å². The third kappa shape index (κ3) is 5.40. The van der Waals surface area contributed by atoms with E-state index in [0.29, 0.717) is 35.9 Å². The van der Waals surface area contributed by atoms with Gasteiger partial charge in [-0.15, -0.1) is 5.10 Å². The van der Waals surface area contributed by atoms with Crippen LogP contribution in [0.3, 0.4) is 0 Å². The second kappa shape index (κ2) is 9.32. The number of aryl methyl sites for hydroxylation is 1. The van der Waals surface area contributed by atoms with Crippen LogP contribution in [0.1, 0.15) is 28.8 Å². The highest BCUT2D eigenvalue weighted by atomic mass is 32.2. The second-order valence-corrected chi connectivity index (χ2v) is 7.14. The molecular weight excluding hydrogens is 365 g/mol. The molecule has 0 fully saturated rings. The van der Waals surface area contributed by atoms with E-state index in [1.165, 1.54) is 36.0 Å². The molecule has 1 N–H and O–H groups in total. The van der Waals surface area contributed by atoms with Crippen molar-refractivity contribution in [2.24, 2.45) is 0 Å². The fraction of sp³-hybridized carbons (Fsp3) is 0.250. The van der Waals surface area contributed by atoms with Gasteiger partial charge in [0.15, 0.2) is 10.9 Å². The van der Waals surface area contributed by atoms with Gasteiger partial charge in [-0.25, -0.2) is 14.3 Å². The van der Waals surface area contributed by atoms with Crippen LogP contribution >= 0.6 is 11.8 Å². The third-order valence-electron chi connectivity index (χ3n) is 4.14. The summed E-state index contributed by atoms with van der Waals surface area (Å²) in [5.74, 6) is 0.302. The first kappa shape index (κ1) is 19.1. The van der Waals surface area contributed by atoms with Crippen molar-refractivity contribution in [3.63, 3.8) is 0 Å². The van der Waals surface area contributed by atoms with Crippen molar-refractivity contribution in [3.05, 3.63) is 82.0 Å². The average Bonchev–Trinajstić information content (AvgIpc) is 3.04. The van der Waals surface area contributed by atoms with Crippen molar-refractivity contribution in [2.75, 3.05) is 5.75 Å². The van der Waals surface area contributed by atoms with Gasteiger partial charge in [-0.05, 0) is 42.7 Å². The number of benzene rings is 2. The summed E-state index contributed by atoms with van der Waals surface area (Å²) in [5, 5.41) is 7.19. The number of carbonyl (C=O) groups is 1. The van der Waals surface area contributed by atoms with E-state index in [2.05, 4.69) is 10.2 Å². The number of rotatable bonds is 9. The number of aromatic amines is 1. The van der Waals surface area contributed by atoms with Crippen LogP contribution in [0.5, 0.6) is 0 Å². The molecular formula is C20H20FN3O2S. The van der Waals surface area contributed by atoms with E-state index < -0.39 is 0 Å². The highest BCUT2D eigenvalue weighted by Crippen LogP contribution is 2.17. The van der Waals surface area contributed by atoms with Gasteiger partial charge in [0.1, 0.15) is 5.82 Å². The highest BCUT2D eigenvalue weighted by molar-refractivity contribution is 7.99. The van der Waals surface area contributed by atoms with Crippen LogP contribution in [0.4, 0.5) is 4.39 Å². The number of halogens is 1. The van der Waals surface area contributed by atoms with Gasteiger partial charge in [0.25, 0.3) is 0 Å². The number of aromatic nitrogens is 3. The molecule has 0 aliphatic carbocycles. The first-order valence-corrected chi connectivity index (χ1v) is 9.73. The summed E-state index contributed by atoms with van der Waals surface area (Å²) in [4.78, 5) is 24.1. The molecule has 0 saturated carbocycles. The van der Waals surface area contributed by atoms with Gasteiger partial charge >= 0.3 is 5.69 Å². The lowest BCUT2D eigenvalue weighted by Gasteiger charge is -2.06. The minimum Gasteiger partial charge on any atom is -0.294 e. The van der Waals surface area contributed by atoms with Gasteiger partial charge in [-0.1, -0.05) is 42.1 Å². The van der Waals surface area contributed by atoms with E-state index in [0.717, 1.165) is 12.0 Å². The van der Waals surface area contributed by atoms with Crippen LogP contribution in [0.15, 0.2) is 64.5 Å². The van der Waals surface area contributed by atoms with Crippen molar-refractivity contribution in [1.82, 2.24) is 14.8 Å². The topological polar surface area (TPSA) is 67.8 Å². The average molecular weight is 385 g/mol. The Hall–Kier alpha value is -2.67. The molecule has 0 aliphatic heterocycles. The fourth-order valence-electron chi connectivity index (χ4n) is 2.67. The maximum absolute atomic E-state index is 12.9. The summed E-state index contributed by atoms with van der Waals surface area (Å²) < 4.78 is 14.5. The quantitative estimate of drug-likeness (QED) is 0.346. The number of nitrogens with zero attached hydrogens (tertiary/aromatic N) is 2. The van der Waals surface area contributed by atoms with Crippen molar-refractivity contribution in [1.29, 1.82) is 0 Å². The van der Waals surface area contributed by atoms with Gasteiger partial charge in [0.2, 0.25) is 0 Å². The Labute approximate surface area is 160 Å². The zero-order valence-electron chi connectivity index (χ0n) is 14.7. The standard InChI is InChI=1S/C20H20FN3O2S/c21-17-10-8-16(9-11-17)18(25)7-4-14-27-20-23-22-19(26)24(20)13-12-15-5-2-1-3-6-15/h1-3,5-6,8-11H,4,7,12-14H2,(H,22,26). The molecule has 0 aliphatic rings. The van der Waals surface area contributed by atoms with Gasteiger partial charge in [-0.2, -0.15) is 0 Å². The number of Topliss-reactive ketones (excluding diaryl/α,β-unsaturated/α-hetero) is 1. The fourth-order valence-corrected chi connectivity index (χ4v) is 3.58. The summed E-state index contributed by atoms with van der Waals surface area (Å²) >= 11 is 1.45. The van der Waals surface area contributed by atoms with Crippen molar-refractivity contribution in [2.45, 2.75) is 31.0 Å². The molecule has 0 radical (unpaired) electrons. The van der Waals surface area contributed by atoms with Crippen molar-refractivity contribution < 1.29 is 9.18 Å². The van der Waals surface area contributed by atoms with Gasteiger partial charge in [-0.3, -0.25) is 9.36 Å². The Kier molecular flexibility index (Phi) is 6.59. The number of thioether (sulfide) groups is 1. The zero-order chi connectivity index (χ0) is 19.1. The highest BCUT2D eigenvalue weighted by Gasteiger charge is 2.10. The predicted octanol–water partition coefficient (Wildman–Crippen LogP) is 3.71. The minimum absolute atomic E-state index is 0.0147. The Morgan fingerprint density at radius 2 is 1.85 bits per heavy atom. The monoisotopic (exact) mass is 385 g/mol. The van der Waals surface area contributed by atoms with Crippen LogP contribution in [-0.4, -0.2) is 26.3 Å². The molecule has 7 heteroatoms. The lowest BCUT2D eigenvalue weighted by atomic mass is 10.1. The van der Waals surface area contributed by atoms with Gasteiger partial charge in [0.05, 0.1) is 0 Å². The molecule has 27 heavy (non-hydrogen) atoms. The molecule has 0 bridgehead atoms. The third-order valence-corrected chi connectivity index (χ3v) is 5.20. The molecule has 2 aromatic carbocycles. The van der Waals surface area contributed by atoms with Crippen LogP contribution in [0.2, 0.25) is 0 Å². The molecule has 0 spiro atoms. The molecule has 3 aromatic rings. The van der Waals surface area contributed by atoms with E-state index in [4.69, 9.17) is 0 Å². The summed E-state index contributed by atoms with van der Waals surface area (Å²) in [7, 11) is 0. The van der Waals surface area contributed by atoms with E-state index in [-0.39, 0.29) is 17.3 Å². The molecule has 3 rings (SSSR count). The maximum atomic E-state index is 12.9. The Morgan fingerprint density at radius 1 is 1.11 bits per heavy atom. The Morgan fingerprint density at radius 3 is 2.59 bits per heavy atom. The predicted molar refractivity (Wildman–Crippen MR) is 104 cm³/mol. The Bertz CT molecular complexity index is 936. The SMILES string of the molecule is O=C(CCCSc1n[nH]c(=O)n1CCc1ccccc1)c1ccc(F)cc1. The smallest absolute Gasteiger partial charge is 0.294 e. The molecule has 140 valence electrons. The lowest BCUT2D eigenvalue weighted by Crippen LogP contribution is -2.19. The molecule has 1 heterocycles. The number of nitrogens with one attached hydrogen (secondary N) is 1. The van der Waals surface area contributed by atoms with E-state index >= 15 is 0 Å². The lowest BCUT2D eigenvalue weighted by molar-refractivity contribution is 0.0982. The number of H-pyrrole nitrogens is 1. The molecule has 0 saturated heterocycles. The number of carbonyl (C=O) groups excluding carboxylic acids is 1. The molecule has 0 unspecified atom stereocenters. The molecule has 0 amide bonds. The summed E-state index contributed by atoms with van der Waals surface area (Å²) in [6.07, 6.45) is 1.77. The summed E-state index contributed by atoms with van der Waals surface area (Å²) in [6.45, 7) is 0.552. The first-order valence-electron chi connectivity index (χ1n) is 8.74. The van der Waals surface area contributed by atoms with E-state index in [9.17, 15) is 14.0 Å². The number of hydrogen-bond donors (Lipinski definition) is 1. The minimum atomic E-state index is -0.353. The molecule has 0 atom stereocenters. The van der Waals surface area contributed by atoms with E-state index in [1.807, 2.05) is 30.3 Å². The van der Waals surface area contributed by atoms with Gasteiger partial charge in [0, 0.05) is 24.3 Å². The molecule has 5 nitrogen and oxygen atoms in total. The van der Waals surface area contributed by atoms with Crippen LogP contribution in [0, 0.1) is 5.82 Å². The van der Waals surface area contributed by atoms with Crippen LogP contribution in [-0.2, 0) is 13.0 Å². The summed E-state index contributed by atoms with van der Waals surface area (Å²) in [6, 6.07) is 15.5. The maximum Gasteiger partial charge on any atom is 0.343 e. The first-order chi connectivity index (χ1) is 13.1. The van der Waals surface area contributed by atoms with Gasteiger partial charge < -0.3 is 0 Å². The summed E-state index contributed by atoms with van der Waals surface area (Å²) in [5.41, 5.74) is 1.45. The zero-order valence-corrected chi connectivity index (χ0v) is 15.5. The van der Waals surface area contributed by atoms with Crippen molar-refractivity contribution >= 4 is 17.5 Å². The second-order valence-electron chi connectivity index (χ2n) is 6.08. The largest absolute Gasteiger partial charge is 0.343 e.